The van der Waals surface area contributed by atoms with Gasteiger partial charge >= 0.3 is 11.9 Å². The third-order valence-electron chi connectivity index (χ3n) is 6.54. The van der Waals surface area contributed by atoms with Crippen molar-refractivity contribution in [2.45, 2.75) is 79.4 Å². The second-order valence-corrected chi connectivity index (χ2v) is 11.0. The molecule has 0 radical (unpaired) electrons. The lowest BCUT2D eigenvalue weighted by atomic mass is 9.87. The van der Waals surface area contributed by atoms with Crippen molar-refractivity contribution in [3.05, 3.63) is 71.8 Å². The molecule has 0 atom stereocenters. The molecule has 0 aliphatic heterocycles. The van der Waals surface area contributed by atoms with Gasteiger partial charge in [0.1, 0.15) is 13.2 Å². The standard InChI is InChI=1S/C32H46O6/c1-31(2,29(33)37-25-27-15-7-5-8-16-27)19-11-12-21-35-23-14-24-36-22-13-20-32(3,4)30(34)38-26-28-17-9-6-10-18-28/h5-10,15-18H,11-14,19-26H2,1-4H3. The van der Waals surface area contributed by atoms with Gasteiger partial charge in [0.2, 0.25) is 0 Å². The minimum absolute atomic E-state index is 0.160. The first-order chi connectivity index (χ1) is 18.2. The third-order valence-corrected chi connectivity index (χ3v) is 6.54. The van der Waals surface area contributed by atoms with Crippen molar-refractivity contribution < 1.29 is 28.5 Å². The van der Waals surface area contributed by atoms with Crippen LogP contribution in [0.25, 0.3) is 0 Å². The molecule has 210 valence electrons. The summed E-state index contributed by atoms with van der Waals surface area (Å²) in [6.45, 7) is 10.9. The van der Waals surface area contributed by atoms with E-state index in [0.29, 0.717) is 46.1 Å². The van der Waals surface area contributed by atoms with E-state index in [1.165, 1.54) is 0 Å². The van der Waals surface area contributed by atoms with Gasteiger partial charge in [0.25, 0.3) is 0 Å². The van der Waals surface area contributed by atoms with Gasteiger partial charge in [-0.2, -0.15) is 0 Å². The molecule has 2 rings (SSSR count). The SMILES string of the molecule is CC(C)(CCCCOCCCOCCCC(C)(C)C(=O)OCc1ccccc1)C(=O)OCc1ccccc1. The molecule has 2 aromatic rings. The molecule has 0 aliphatic rings. The van der Waals surface area contributed by atoms with E-state index in [1.807, 2.05) is 88.4 Å². The van der Waals surface area contributed by atoms with E-state index in [0.717, 1.165) is 43.2 Å². The van der Waals surface area contributed by atoms with Crippen LogP contribution in [0.3, 0.4) is 0 Å². The van der Waals surface area contributed by atoms with E-state index in [9.17, 15) is 9.59 Å². The minimum Gasteiger partial charge on any atom is -0.460 e. The number of rotatable bonds is 19. The lowest BCUT2D eigenvalue weighted by Gasteiger charge is -2.22. The van der Waals surface area contributed by atoms with Crippen molar-refractivity contribution in [2.24, 2.45) is 10.8 Å². The summed E-state index contributed by atoms with van der Waals surface area (Å²) in [7, 11) is 0. The summed E-state index contributed by atoms with van der Waals surface area (Å²) in [5.41, 5.74) is 0.951. The highest BCUT2D eigenvalue weighted by Crippen LogP contribution is 2.26. The van der Waals surface area contributed by atoms with E-state index < -0.39 is 10.8 Å². The molecule has 6 nitrogen and oxygen atoms in total. The zero-order valence-corrected chi connectivity index (χ0v) is 23.7. The normalized spacial score (nSPS) is 11.8. The maximum absolute atomic E-state index is 12.4. The highest BCUT2D eigenvalue weighted by atomic mass is 16.5. The number of unbranched alkanes of at least 4 members (excludes halogenated alkanes) is 1. The maximum Gasteiger partial charge on any atom is 0.311 e. The molecule has 0 saturated heterocycles. The zero-order valence-electron chi connectivity index (χ0n) is 23.7. The van der Waals surface area contributed by atoms with Crippen LogP contribution >= 0.6 is 0 Å². The third kappa shape index (κ3) is 12.7. The summed E-state index contributed by atoms with van der Waals surface area (Å²) >= 11 is 0. The summed E-state index contributed by atoms with van der Waals surface area (Å²) in [5, 5.41) is 0. The first-order valence-electron chi connectivity index (χ1n) is 13.8. The summed E-state index contributed by atoms with van der Waals surface area (Å²) < 4.78 is 22.4. The van der Waals surface area contributed by atoms with Crippen LogP contribution in [0.15, 0.2) is 60.7 Å². The van der Waals surface area contributed by atoms with Gasteiger partial charge in [0.05, 0.1) is 10.8 Å². The van der Waals surface area contributed by atoms with Crippen LogP contribution < -0.4 is 0 Å². The summed E-state index contributed by atoms with van der Waals surface area (Å²) in [6, 6.07) is 19.5. The van der Waals surface area contributed by atoms with E-state index in [2.05, 4.69) is 0 Å². The Kier molecular flexibility index (Phi) is 14.1. The highest BCUT2D eigenvalue weighted by Gasteiger charge is 2.29. The van der Waals surface area contributed by atoms with Gasteiger partial charge in [-0.05, 0) is 70.9 Å². The Hall–Kier alpha value is -2.70. The van der Waals surface area contributed by atoms with Crippen LogP contribution in [-0.4, -0.2) is 38.4 Å². The fourth-order valence-electron chi connectivity index (χ4n) is 3.90. The number of hydrogen-bond donors (Lipinski definition) is 0. The average molecular weight is 527 g/mol. The van der Waals surface area contributed by atoms with Crippen LogP contribution in [0.5, 0.6) is 0 Å². The number of esters is 2. The molecular weight excluding hydrogens is 480 g/mol. The minimum atomic E-state index is -0.533. The van der Waals surface area contributed by atoms with Crippen molar-refractivity contribution in [1.82, 2.24) is 0 Å². The van der Waals surface area contributed by atoms with Gasteiger partial charge < -0.3 is 18.9 Å². The Labute approximate surface area is 229 Å². The summed E-state index contributed by atoms with van der Waals surface area (Å²) in [4.78, 5) is 24.9. The fraction of sp³-hybridized carbons (Fsp3) is 0.562. The van der Waals surface area contributed by atoms with Crippen molar-refractivity contribution >= 4 is 11.9 Å². The van der Waals surface area contributed by atoms with Crippen LogP contribution in [0, 0.1) is 10.8 Å². The second-order valence-electron chi connectivity index (χ2n) is 11.0. The summed E-state index contributed by atoms with van der Waals surface area (Å²) in [5.74, 6) is -0.339. The molecule has 2 aromatic carbocycles. The molecule has 0 fully saturated rings. The molecule has 0 N–H and O–H groups in total. The lowest BCUT2D eigenvalue weighted by Crippen LogP contribution is -2.27. The molecule has 0 amide bonds. The van der Waals surface area contributed by atoms with Crippen molar-refractivity contribution in [3.63, 3.8) is 0 Å². The monoisotopic (exact) mass is 526 g/mol. The van der Waals surface area contributed by atoms with E-state index in [4.69, 9.17) is 18.9 Å². The fourth-order valence-corrected chi connectivity index (χ4v) is 3.90. The van der Waals surface area contributed by atoms with E-state index >= 15 is 0 Å². The Balaban J connectivity index is 1.43. The molecule has 0 aliphatic carbocycles. The number of benzene rings is 2. The molecule has 0 unspecified atom stereocenters. The molecule has 6 heteroatoms. The second kappa shape index (κ2) is 17.0. The summed E-state index contributed by atoms with van der Waals surface area (Å²) in [6.07, 6.45) is 4.94. The van der Waals surface area contributed by atoms with Gasteiger partial charge in [-0.25, -0.2) is 0 Å². The van der Waals surface area contributed by atoms with Gasteiger partial charge in [0, 0.05) is 26.4 Å². The molecule has 38 heavy (non-hydrogen) atoms. The van der Waals surface area contributed by atoms with Crippen molar-refractivity contribution in [2.75, 3.05) is 26.4 Å². The first-order valence-corrected chi connectivity index (χ1v) is 13.8. The Morgan fingerprint density at radius 2 is 0.947 bits per heavy atom. The van der Waals surface area contributed by atoms with Gasteiger partial charge in [0.15, 0.2) is 0 Å². The van der Waals surface area contributed by atoms with Crippen LogP contribution in [0.1, 0.15) is 77.3 Å². The smallest absolute Gasteiger partial charge is 0.311 e. The van der Waals surface area contributed by atoms with Gasteiger partial charge in [-0.1, -0.05) is 67.1 Å². The van der Waals surface area contributed by atoms with Gasteiger partial charge in [-0.15, -0.1) is 0 Å². The molecule has 0 heterocycles. The molecule has 0 aromatic heterocycles. The number of carbonyl (C=O) groups excluding carboxylic acids is 2. The predicted molar refractivity (Wildman–Crippen MR) is 149 cm³/mol. The molecule has 0 spiro atoms. The lowest BCUT2D eigenvalue weighted by molar-refractivity contribution is -0.156. The Morgan fingerprint density at radius 3 is 1.42 bits per heavy atom. The Bertz CT molecular complexity index is 846. The number of hydrogen-bond acceptors (Lipinski definition) is 6. The van der Waals surface area contributed by atoms with Crippen LogP contribution in [0.2, 0.25) is 0 Å². The quantitative estimate of drug-likeness (QED) is 0.146. The highest BCUT2D eigenvalue weighted by molar-refractivity contribution is 5.76. The van der Waals surface area contributed by atoms with Gasteiger partial charge in [-0.3, -0.25) is 9.59 Å². The van der Waals surface area contributed by atoms with Crippen molar-refractivity contribution in [3.8, 4) is 0 Å². The largest absolute Gasteiger partial charge is 0.460 e. The van der Waals surface area contributed by atoms with Crippen molar-refractivity contribution in [1.29, 1.82) is 0 Å². The molecule has 0 saturated carbocycles. The first kappa shape index (κ1) is 31.5. The topological polar surface area (TPSA) is 71.1 Å². The number of carbonyl (C=O) groups is 2. The average Bonchev–Trinajstić information content (AvgIpc) is 2.92. The maximum atomic E-state index is 12.4. The molecular formula is C32H46O6. The van der Waals surface area contributed by atoms with E-state index in [-0.39, 0.29) is 11.9 Å². The van der Waals surface area contributed by atoms with Crippen LogP contribution in [-0.2, 0) is 41.8 Å². The zero-order chi connectivity index (χ0) is 27.7. The Morgan fingerprint density at radius 1 is 0.553 bits per heavy atom. The van der Waals surface area contributed by atoms with E-state index in [1.54, 1.807) is 0 Å². The number of ether oxygens (including phenoxy) is 4. The van der Waals surface area contributed by atoms with Crippen LogP contribution in [0.4, 0.5) is 0 Å². The molecule has 0 bridgehead atoms. The predicted octanol–water partition coefficient (Wildman–Crippen LogP) is 6.90.